The van der Waals surface area contributed by atoms with E-state index in [9.17, 15) is 19.2 Å². The van der Waals surface area contributed by atoms with Gasteiger partial charge in [-0.3, -0.25) is 19.2 Å². The normalized spacial score (nSPS) is 20.3. The fourth-order valence-electron chi connectivity index (χ4n) is 5.29. The molecule has 0 radical (unpaired) electrons. The Morgan fingerprint density at radius 1 is 0.660 bits per heavy atom. The highest BCUT2D eigenvalue weighted by Gasteiger charge is 2.29. The minimum atomic E-state index is -0.687. The minimum absolute atomic E-state index is 0. The summed E-state index contributed by atoms with van der Waals surface area (Å²) >= 11 is 0. The van der Waals surface area contributed by atoms with Gasteiger partial charge in [0.25, 0.3) is 23.6 Å². The quantitative estimate of drug-likeness (QED) is 0.130. The van der Waals surface area contributed by atoms with Gasteiger partial charge in [0.1, 0.15) is 11.5 Å². The van der Waals surface area contributed by atoms with Crippen molar-refractivity contribution < 1.29 is 43.6 Å². The number of nitrogen functional groups attached to an aromatic ring is 2. The zero-order valence-electron chi connectivity index (χ0n) is 26.9. The molecule has 17 nitrogen and oxygen atoms in total. The maximum atomic E-state index is 12.5. The van der Waals surface area contributed by atoms with Crippen molar-refractivity contribution in [2.75, 3.05) is 66.1 Å². The van der Waals surface area contributed by atoms with Gasteiger partial charge in [-0.1, -0.05) is 0 Å². The number of ether oxygens (including phenoxy) is 4. The van der Waals surface area contributed by atoms with Crippen LogP contribution in [0.1, 0.15) is 54.3 Å². The number of methoxy groups -OCH3 is 4. The van der Waals surface area contributed by atoms with Gasteiger partial charge in [0.05, 0.1) is 60.8 Å². The number of carbonyl (C=O) groups excluding carboxylic acids is 4. The van der Waals surface area contributed by atoms with Gasteiger partial charge in [0.2, 0.25) is 0 Å². The molecule has 0 bridgehead atoms. The largest absolute Gasteiger partial charge is 0.496 e. The Labute approximate surface area is 272 Å². The number of anilines is 2. The van der Waals surface area contributed by atoms with Crippen molar-refractivity contribution in [1.82, 2.24) is 21.3 Å². The lowest BCUT2D eigenvalue weighted by Crippen LogP contribution is -2.53. The second-order valence-electron chi connectivity index (χ2n) is 10.7. The van der Waals surface area contributed by atoms with Crippen molar-refractivity contribution in [1.29, 1.82) is 0 Å². The van der Waals surface area contributed by atoms with Gasteiger partial charge in [-0.05, 0) is 38.1 Å². The van der Waals surface area contributed by atoms with Crippen LogP contribution in [-0.4, -0.2) is 108 Å². The third-order valence-corrected chi connectivity index (χ3v) is 7.85. The molecule has 0 aliphatic carbocycles. The van der Waals surface area contributed by atoms with Crippen molar-refractivity contribution in [3.63, 3.8) is 0 Å². The minimum Gasteiger partial charge on any atom is -0.496 e. The summed E-state index contributed by atoms with van der Waals surface area (Å²) in [5, 5.41) is 12.2. The number of amides is 4. The van der Waals surface area contributed by atoms with E-state index in [2.05, 4.69) is 21.3 Å². The van der Waals surface area contributed by atoms with E-state index < -0.39 is 11.8 Å². The maximum absolute atomic E-state index is 12.5. The average Bonchev–Trinajstić information content (AvgIpc) is 3.04. The van der Waals surface area contributed by atoms with Crippen LogP contribution in [-0.2, 0) is 9.47 Å². The molecule has 2 saturated heterocycles. The van der Waals surface area contributed by atoms with E-state index in [0.717, 1.165) is 25.9 Å². The van der Waals surface area contributed by atoms with Gasteiger partial charge in [0.15, 0.2) is 0 Å². The lowest BCUT2D eigenvalue weighted by atomic mass is 10.0. The molecule has 4 unspecified atom stereocenters. The Morgan fingerprint density at radius 2 is 1.02 bits per heavy atom. The first-order chi connectivity index (χ1) is 21.9. The molecule has 17 heteroatoms. The van der Waals surface area contributed by atoms with Crippen LogP contribution in [0.15, 0.2) is 24.3 Å². The summed E-state index contributed by atoms with van der Waals surface area (Å²) in [6, 6.07) is 5.29. The van der Waals surface area contributed by atoms with Crippen LogP contribution in [0.25, 0.3) is 0 Å². The van der Waals surface area contributed by atoms with Gasteiger partial charge < -0.3 is 68.6 Å². The maximum Gasteiger partial charge on any atom is 0.253 e. The van der Waals surface area contributed by atoms with Crippen LogP contribution >= 0.6 is 0 Å². The predicted octanol–water partition coefficient (Wildman–Crippen LogP) is -1.86. The van der Waals surface area contributed by atoms with Crippen LogP contribution in [0, 0.1) is 0 Å². The molecule has 0 aromatic heterocycles. The summed E-state index contributed by atoms with van der Waals surface area (Å²) < 4.78 is 20.9. The third-order valence-electron chi connectivity index (χ3n) is 7.85. The molecule has 47 heavy (non-hydrogen) atoms. The topological polar surface area (TPSA) is 289 Å². The summed E-state index contributed by atoms with van der Waals surface area (Å²) in [6.07, 6.45) is 1.23. The van der Waals surface area contributed by atoms with Gasteiger partial charge in [-0.15, -0.1) is 0 Å². The van der Waals surface area contributed by atoms with E-state index in [-0.39, 0.29) is 86.7 Å². The van der Waals surface area contributed by atoms with E-state index in [0.29, 0.717) is 13.1 Å². The fraction of sp³-hybridized carbons (Fsp3) is 0.467. The number of hydrogen-bond donors (Lipinski definition) is 8. The highest BCUT2D eigenvalue weighted by atomic mass is 16.5. The summed E-state index contributed by atoms with van der Waals surface area (Å²) in [6.45, 7) is 2.89. The second kappa shape index (κ2) is 17.9. The fourth-order valence-corrected chi connectivity index (χ4v) is 5.29. The first-order valence-corrected chi connectivity index (χ1v) is 14.6. The number of primary amides is 2. The van der Waals surface area contributed by atoms with E-state index >= 15 is 0 Å². The van der Waals surface area contributed by atoms with Crippen LogP contribution in [0.2, 0.25) is 0 Å². The van der Waals surface area contributed by atoms with Crippen molar-refractivity contribution in [2.45, 2.75) is 37.1 Å². The molecular formula is C30H46N8O9. The van der Waals surface area contributed by atoms with E-state index in [1.165, 1.54) is 38.5 Å². The van der Waals surface area contributed by atoms with Crippen molar-refractivity contribution in [3.05, 3.63) is 46.5 Å². The molecule has 4 atom stereocenters. The smallest absolute Gasteiger partial charge is 0.253 e. The third kappa shape index (κ3) is 9.66. The Kier molecular flexibility index (Phi) is 14.6. The van der Waals surface area contributed by atoms with E-state index in [1.807, 2.05) is 0 Å². The van der Waals surface area contributed by atoms with Gasteiger partial charge in [0, 0.05) is 50.8 Å². The number of benzene rings is 2. The molecule has 0 saturated carbocycles. The Balaban J connectivity index is 0.000000320. The predicted molar refractivity (Wildman–Crippen MR) is 175 cm³/mol. The Morgan fingerprint density at radius 3 is 1.32 bits per heavy atom. The highest BCUT2D eigenvalue weighted by Crippen LogP contribution is 2.27. The molecule has 14 N–H and O–H groups in total. The van der Waals surface area contributed by atoms with Crippen LogP contribution < -0.4 is 53.7 Å². The molecule has 2 aromatic rings. The van der Waals surface area contributed by atoms with E-state index in [4.69, 9.17) is 41.9 Å². The summed E-state index contributed by atoms with van der Waals surface area (Å²) in [4.78, 5) is 48.0. The summed E-state index contributed by atoms with van der Waals surface area (Å²) in [5.41, 5.74) is 23.5. The second-order valence-corrected chi connectivity index (χ2v) is 10.7. The first-order valence-electron chi connectivity index (χ1n) is 14.6. The zero-order valence-corrected chi connectivity index (χ0v) is 26.9. The van der Waals surface area contributed by atoms with Crippen molar-refractivity contribution in [2.24, 2.45) is 11.5 Å². The van der Waals surface area contributed by atoms with E-state index in [1.54, 1.807) is 14.2 Å². The zero-order chi connectivity index (χ0) is 34.0. The van der Waals surface area contributed by atoms with Crippen molar-refractivity contribution >= 4 is 35.0 Å². The monoisotopic (exact) mass is 662 g/mol. The number of nitrogens with one attached hydrogen (secondary N) is 4. The molecule has 260 valence electrons. The van der Waals surface area contributed by atoms with Crippen LogP contribution in [0.5, 0.6) is 11.5 Å². The summed E-state index contributed by atoms with van der Waals surface area (Å²) in [7, 11) is 6.01. The molecule has 0 spiro atoms. The average molecular weight is 663 g/mol. The first kappa shape index (κ1) is 38.5. The number of piperidine rings is 2. The number of carbonyl (C=O) groups is 4. The number of hydrogen-bond acceptors (Lipinski definition) is 12. The van der Waals surface area contributed by atoms with Gasteiger partial charge >= 0.3 is 0 Å². The molecule has 4 rings (SSSR count). The Hall–Kier alpha value is -4.68. The van der Waals surface area contributed by atoms with Gasteiger partial charge in [-0.25, -0.2) is 0 Å². The summed E-state index contributed by atoms with van der Waals surface area (Å²) in [5.74, 6) is -1.64. The van der Waals surface area contributed by atoms with Gasteiger partial charge in [-0.2, -0.15) is 0 Å². The molecule has 2 aliphatic rings. The Bertz CT molecular complexity index is 1320. The lowest BCUT2D eigenvalue weighted by molar-refractivity contribution is 0.0476. The van der Waals surface area contributed by atoms with Crippen LogP contribution in [0.3, 0.4) is 0 Å². The SMILES string of the molecule is COc1cc(N)c(C(=O)NC2CCNCC2OC)cc1C(N)=O.COc1cc(N)c(C(=O)NC2CCNCC2OC)cc1C(N)=O.O. The standard InChI is InChI=1S/2C15H22N4O4.H2O/c2*1-22-12-6-10(16)8(5-9(12)14(17)20)15(21)19-11-3-4-18-7-13(11)23-2;/h2*5-6,11,13,18H,3-4,7,16H2,1-2H3,(H2,17,20)(H,19,21);1H2. The lowest BCUT2D eigenvalue weighted by Gasteiger charge is -2.31. The van der Waals surface area contributed by atoms with Crippen LogP contribution in [0.4, 0.5) is 11.4 Å². The molecule has 4 amide bonds. The highest BCUT2D eigenvalue weighted by molar-refractivity contribution is 6.05. The molecule has 2 aromatic carbocycles. The van der Waals surface area contributed by atoms with Crippen molar-refractivity contribution in [3.8, 4) is 11.5 Å². The molecule has 2 fully saturated rings. The molecular weight excluding hydrogens is 616 g/mol. The number of nitrogens with two attached hydrogens (primary N) is 4. The number of rotatable bonds is 10. The molecule has 2 heterocycles. The molecule has 2 aliphatic heterocycles.